The monoisotopic (exact) mass is 243 g/mol. The van der Waals surface area contributed by atoms with Crippen LogP contribution in [0.15, 0.2) is 0 Å². The van der Waals surface area contributed by atoms with Crippen LogP contribution in [-0.4, -0.2) is 49.4 Å². The molecule has 2 unspecified atom stereocenters. The molecular formula is C12H25N3O2. The first-order chi connectivity index (χ1) is 7.75. The molecule has 0 aliphatic rings. The second kappa shape index (κ2) is 7.27. The van der Waals surface area contributed by atoms with E-state index in [1.54, 1.807) is 27.9 Å². The van der Waals surface area contributed by atoms with Crippen LogP contribution in [0.4, 0.5) is 0 Å². The minimum absolute atomic E-state index is 0.0338. The van der Waals surface area contributed by atoms with E-state index >= 15 is 0 Å². The van der Waals surface area contributed by atoms with Crippen LogP contribution >= 0.6 is 0 Å². The standard InChI is InChI=1S/C12H25N3O2/c1-8(2)7-13-11(16)9(3)14-10(4)12(17)15(5)6/h8-10,14H,7H2,1-6H3,(H,13,16). The average molecular weight is 243 g/mol. The average Bonchev–Trinajstić information content (AvgIpc) is 2.24. The highest BCUT2D eigenvalue weighted by molar-refractivity contribution is 5.84. The minimum atomic E-state index is -0.368. The lowest BCUT2D eigenvalue weighted by molar-refractivity contribution is -0.131. The fourth-order valence-electron chi connectivity index (χ4n) is 1.37. The first-order valence-corrected chi connectivity index (χ1v) is 6.00. The summed E-state index contributed by atoms with van der Waals surface area (Å²) in [5, 5.41) is 5.81. The fraction of sp³-hybridized carbons (Fsp3) is 0.833. The summed E-state index contributed by atoms with van der Waals surface area (Å²) in [4.78, 5) is 24.8. The maximum absolute atomic E-state index is 11.7. The van der Waals surface area contributed by atoms with Crippen LogP contribution in [0.5, 0.6) is 0 Å². The lowest BCUT2D eigenvalue weighted by Gasteiger charge is -2.22. The molecule has 2 amide bonds. The van der Waals surface area contributed by atoms with Gasteiger partial charge < -0.3 is 10.2 Å². The summed E-state index contributed by atoms with van der Waals surface area (Å²) in [6.45, 7) is 8.25. The summed E-state index contributed by atoms with van der Waals surface area (Å²) < 4.78 is 0. The smallest absolute Gasteiger partial charge is 0.238 e. The normalized spacial score (nSPS) is 14.3. The second-order valence-electron chi connectivity index (χ2n) is 4.98. The van der Waals surface area contributed by atoms with Crippen LogP contribution in [0.2, 0.25) is 0 Å². The van der Waals surface area contributed by atoms with Crippen molar-refractivity contribution in [2.75, 3.05) is 20.6 Å². The van der Waals surface area contributed by atoms with Crippen molar-refractivity contribution < 1.29 is 9.59 Å². The SMILES string of the molecule is CC(C)CNC(=O)C(C)NC(C)C(=O)N(C)C. The van der Waals surface area contributed by atoms with Crippen molar-refractivity contribution in [3.05, 3.63) is 0 Å². The number of rotatable bonds is 6. The van der Waals surface area contributed by atoms with Gasteiger partial charge in [-0.3, -0.25) is 14.9 Å². The first kappa shape index (κ1) is 15.9. The van der Waals surface area contributed by atoms with E-state index in [1.165, 1.54) is 4.90 Å². The third kappa shape index (κ3) is 6.26. The van der Waals surface area contributed by atoms with Crippen LogP contribution in [0, 0.1) is 5.92 Å². The Morgan fingerprint density at radius 1 is 1.06 bits per heavy atom. The molecule has 0 radical (unpaired) electrons. The van der Waals surface area contributed by atoms with Crippen molar-refractivity contribution in [1.29, 1.82) is 0 Å². The summed E-state index contributed by atoms with van der Waals surface area (Å²) in [6.07, 6.45) is 0. The molecule has 0 fully saturated rings. The Labute approximate surface area is 104 Å². The van der Waals surface area contributed by atoms with Crippen molar-refractivity contribution in [3.63, 3.8) is 0 Å². The Hall–Kier alpha value is -1.10. The molecule has 5 heteroatoms. The number of hydrogen-bond donors (Lipinski definition) is 2. The highest BCUT2D eigenvalue weighted by Crippen LogP contribution is 1.94. The molecule has 0 spiro atoms. The molecule has 0 bridgehead atoms. The summed E-state index contributed by atoms with van der Waals surface area (Å²) in [5.74, 6) is 0.317. The van der Waals surface area contributed by atoms with Gasteiger partial charge in [-0.15, -0.1) is 0 Å². The predicted molar refractivity (Wildman–Crippen MR) is 68.6 cm³/mol. The number of nitrogens with zero attached hydrogens (tertiary/aromatic N) is 1. The Kier molecular flexibility index (Phi) is 6.80. The van der Waals surface area contributed by atoms with E-state index in [0.29, 0.717) is 12.5 Å². The van der Waals surface area contributed by atoms with Crippen molar-refractivity contribution in [3.8, 4) is 0 Å². The number of likely N-dealkylation sites (N-methyl/N-ethyl adjacent to an activating group) is 1. The van der Waals surface area contributed by atoms with Gasteiger partial charge in [0.05, 0.1) is 12.1 Å². The van der Waals surface area contributed by atoms with E-state index in [-0.39, 0.29) is 23.9 Å². The molecule has 0 aromatic rings. The van der Waals surface area contributed by atoms with Gasteiger partial charge in [-0.25, -0.2) is 0 Å². The quantitative estimate of drug-likeness (QED) is 0.701. The van der Waals surface area contributed by atoms with Gasteiger partial charge in [0.2, 0.25) is 11.8 Å². The van der Waals surface area contributed by atoms with Gasteiger partial charge >= 0.3 is 0 Å². The highest BCUT2D eigenvalue weighted by Gasteiger charge is 2.20. The highest BCUT2D eigenvalue weighted by atomic mass is 16.2. The largest absolute Gasteiger partial charge is 0.354 e. The van der Waals surface area contributed by atoms with Crippen LogP contribution in [0.1, 0.15) is 27.7 Å². The maximum Gasteiger partial charge on any atom is 0.238 e. The van der Waals surface area contributed by atoms with Gasteiger partial charge in [0, 0.05) is 20.6 Å². The topological polar surface area (TPSA) is 61.4 Å². The van der Waals surface area contributed by atoms with E-state index in [9.17, 15) is 9.59 Å². The van der Waals surface area contributed by atoms with Crippen molar-refractivity contribution in [2.45, 2.75) is 39.8 Å². The van der Waals surface area contributed by atoms with E-state index in [1.807, 2.05) is 13.8 Å². The zero-order valence-electron chi connectivity index (χ0n) is 11.7. The number of carbonyl (C=O) groups excluding carboxylic acids is 2. The van der Waals surface area contributed by atoms with E-state index in [0.717, 1.165) is 0 Å². The molecule has 100 valence electrons. The molecule has 0 aromatic heterocycles. The third-order valence-electron chi connectivity index (χ3n) is 2.39. The summed E-state index contributed by atoms with van der Waals surface area (Å²) in [6, 6.07) is -0.725. The van der Waals surface area contributed by atoms with Crippen molar-refractivity contribution >= 4 is 11.8 Å². The zero-order chi connectivity index (χ0) is 13.6. The maximum atomic E-state index is 11.7. The minimum Gasteiger partial charge on any atom is -0.354 e. The van der Waals surface area contributed by atoms with Crippen molar-refractivity contribution in [1.82, 2.24) is 15.5 Å². The first-order valence-electron chi connectivity index (χ1n) is 6.00. The molecule has 5 nitrogen and oxygen atoms in total. The third-order valence-corrected chi connectivity index (χ3v) is 2.39. The van der Waals surface area contributed by atoms with Gasteiger partial charge in [0.25, 0.3) is 0 Å². The lowest BCUT2D eigenvalue weighted by Crippen LogP contribution is -2.51. The Balaban J connectivity index is 4.11. The molecule has 2 N–H and O–H groups in total. The van der Waals surface area contributed by atoms with E-state index in [2.05, 4.69) is 10.6 Å². The fourth-order valence-corrected chi connectivity index (χ4v) is 1.37. The summed E-state index contributed by atoms with van der Waals surface area (Å²) >= 11 is 0. The molecule has 0 aliphatic carbocycles. The van der Waals surface area contributed by atoms with Crippen molar-refractivity contribution in [2.24, 2.45) is 5.92 Å². The van der Waals surface area contributed by atoms with Crippen LogP contribution in [0.3, 0.4) is 0 Å². The molecule has 2 atom stereocenters. The van der Waals surface area contributed by atoms with Gasteiger partial charge in [-0.2, -0.15) is 0 Å². The number of nitrogens with one attached hydrogen (secondary N) is 2. The molecule has 0 saturated heterocycles. The molecule has 0 aromatic carbocycles. The Morgan fingerprint density at radius 2 is 1.59 bits per heavy atom. The van der Waals surface area contributed by atoms with Gasteiger partial charge in [0.1, 0.15) is 0 Å². The van der Waals surface area contributed by atoms with Gasteiger partial charge in [0.15, 0.2) is 0 Å². The van der Waals surface area contributed by atoms with E-state index in [4.69, 9.17) is 0 Å². The number of hydrogen-bond acceptors (Lipinski definition) is 3. The van der Waals surface area contributed by atoms with Crippen LogP contribution in [0.25, 0.3) is 0 Å². The molecular weight excluding hydrogens is 218 g/mol. The Morgan fingerprint density at radius 3 is 2.00 bits per heavy atom. The zero-order valence-corrected chi connectivity index (χ0v) is 11.7. The van der Waals surface area contributed by atoms with Crippen LogP contribution in [-0.2, 0) is 9.59 Å². The number of carbonyl (C=O) groups is 2. The van der Waals surface area contributed by atoms with Gasteiger partial charge in [-0.1, -0.05) is 13.8 Å². The van der Waals surface area contributed by atoms with Gasteiger partial charge in [-0.05, 0) is 19.8 Å². The molecule has 0 saturated carbocycles. The van der Waals surface area contributed by atoms with Crippen LogP contribution < -0.4 is 10.6 Å². The number of amides is 2. The molecule has 17 heavy (non-hydrogen) atoms. The van der Waals surface area contributed by atoms with E-state index < -0.39 is 0 Å². The lowest BCUT2D eigenvalue weighted by atomic mass is 10.2. The summed E-state index contributed by atoms with van der Waals surface area (Å²) in [7, 11) is 3.40. The molecule has 0 heterocycles. The predicted octanol–water partition coefficient (Wildman–Crippen LogP) is 0.213. The Bertz CT molecular complexity index is 264. The second-order valence-corrected chi connectivity index (χ2v) is 4.98. The summed E-state index contributed by atoms with van der Waals surface area (Å²) in [5.41, 5.74) is 0. The molecule has 0 aliphatic heterocycles. The molecule has 0 rings (SSSR count).